The van der Waals surface area contributed by atoms with Crippen molar-refractivity contribution >= 4 is 33.0 Å². The third-order valence-electron chi connectivity index (χ3n) is 4.46. The number of para-hydroxylation sites is 1. The van der Waals surface area contributed by atoms with Crippen LogP contribution < -0.4 is 15.8 Å². The second-order valence-corrected chi connectivity index (χ2v) is 7.13. The van der Waals surface area contributed by atoms with Crippen LogP contribution in [0, 0.1) is 0 Å². The Labute approximate surface area is 154 Å². The number of anilines is 2. The van der Waals surface area contributed by atoms with E-state index in [0.717, 1.165) is 30.8 Å². The average Bonchev–Trinajstić information content (AvgIpc) is 3.09. The Morgan fingerprint density at radius 1 is 1.35 bits per heavy atom. The molecule has 0 bridgehead atoms. The summed E-state index contributed by atoms with van der Waals surface area (Å²) >= 11 is 1.27. The fraction of sp³-hybridized carbons (Fsp3) is 0.333. The molecule has 0 radical (unpaired) electrons. The highest BCUT2D eigenvalue weighted by Crippen LogP contribution is 2.26. The van der Waals surface area contributed by atoms with Crippen LogP contribution in [0.25, 0.3) is 4.96 Å². The van der Waals surface area contributed by atoms with Crippen LogP contribution in [0.1, 0.15) is 24.6 Å². The quantitative estimate of drug-likeness (QED) is 0.762. The predicted octanol–water partition coefficient (Wildman–Crippen LogP) is 2.10. The summed E-state index contributed by atoms with van der Waals surface area (Å²) in [5, 5.41) is 7.79. The fourth-order valence-electron chi connectivity index (χ4n) is 3.15. The van der Waals surface area contributed by atoms with Gasteiger partial charge in [0.1, 0.15) is 0 Å². The lowest BCUT2D eigenvalue weighted by molar-refractivity contribution is -0.117. The van der Waals surface area contributed by atoms with Gasteiger partial charge in [0, 0.05) is 24.0 Å². The number of benzene rings is 1. The lowest BCUT2D eigenvalue weighted by atomic mass is 10.0. The molecule has 1 aliphatic rings. The number of hydrogen-bond donors (Lipinski definition) is 1. The Hall–Kier alpha value is -2.74. The summed E-state index contributed by atoms with van der Waals surface area (Å²) in [5.74, 6) is -0.00837. The molecule has 4 rings (SSSR count). The fourth-order valence-corrected chi connectivity index (χ4v) is 3.97. The van der Waals surface area contributed by atoms with Gasteiger partial charge < -0.3 is 10.2 Å². The summed E-state index contributed by atoms with van der Waals surface area (Å²) in [5.41, 5.74) is 2.73. The lowest BCUT2D eigenvalue weighted by Gasteiger charge is -2.29. The van der Waals surface area contributed by atoms with E-state index in [1.54, 1.807) is 0 Å². The molecule has 0 saturated heterocycles. The van der Waals surface area contributed by atoms with E-state index < -0.39 is 0 Å². The van der Waals surface area contributed by atoms with Gasteiger partial charge in [0.25, 0.3) is 5.56 Å². The molecule has 3 aromatic rings. The molecule has 7 nitrogen and oxygen atoms in total. The third kappa shape index (κ3) is 3.08. The molecule has 1 aliphatic heterocycles. The SMILES string of the molecule is CCc1cc(=O)n2nc(NCC(=O)N3CCCc4ccccc43)sc2n1. The molecule has 3 heterocycles. The summed E-state index contributed by atoms with van der Waals surface area (Å²) in [6, 6.07) is 9.50. The van der Waals surface area contributed by atoms with Gasteiger partial charge in [-0.15, -0.1) is 5.10 Å². The summed E-state index contributed by atoms with van der Waals surface area (Å²) in [6.07, 6.45) is 2.65. The summed E-state index contributed by atoms with van der Waals surface area (Å²) < 4.78 is 1.27. The Bertz CT molecular complexity index is 1030. The first-order valence-electron chi connectivity index (χ1n) is 8.67. The number of carbonyl (C=O) groups is 1. The van der Waals surface area contributed by atoms with Crippen LogP contribution in [-0.4, -0.2) is 33.6 Å². The van der Waals surface area contributed by atoms with E-state index in [-0.39, 0.29) is 18.0 Å². The van der Waals surface area contributed by atoms with Gasteiger partial charge in [-0.1, -0.05) is 36.5 Å². The van der Waals surface area contributed by atoms with Gasteiger partial charge >= 0.3 is 0 Å². The zero-order valence-electron chi connectivity index (χ0n) is 14.4. The van der Waals surface area contributed by atoms with Crippen LogP contribution >= 0.6 is 11.3 Å². The molecule has 1 aromatic carbocycles. The topological polar surface area (TPSA) is 79.6 Å². The van der Waals surface area contributed by atoms with Gasteiger partial charge in [-0.25, -0.2) is 4.98 Å². The molecule has 8 heteroatoms. The zero-order chi connectivity index (χ0) is 18.1. The standard InChI is InChI=1S/C18H19N5O2S/c1-2-13-10-15(24)23-18(20-13)26-17(21-23)19-11-16(25)22-9-5-7-12-6-3-4-8-14(12)22/h3-4,6,8,10H,2,5,7,9,11H2,1H3,(H,19,21). The highest BCUT2D eigenvalue weighted by Gasteiger charge is 2.22. The summed E-state index contributed by atoms with van der Waals surface area (Å²) in [4.78, 5) is 31.5. The Balaban J connectivity index is 1.51. The van der Waals surface area contributed by atoms with E-state index in [0.29, 0.717) is 16.5 Å². The van der Waals surface area contributed by atoms with Crippen molar-refractivity contribution in [3.05, 3.63) is 51.9 Å². The van der Waals surface area contributed by atoms with Gasteiger partial charge in [-0.3, -0.25) is 9.59 Å². The monoisotopic (exact) mass is 369 g/mol. The van der Waals surface area contributed by atoms with Crippen molar-refractivity contribution in [2.24, 2.45) is 0 Å². The van der Waals surface area contributed by atoms with Gasteiger partial charge in [0.05, 0.1) is 6.54 Å². The van der Waals surface area contributed by atoms with Crippen LogP contribution in [0.15, 0.2) is 35.1 Å². The van der Waals surface area contributed by atoms with Gasteiger partial charge in [-0.05, 0) is 30.9 Å². The minimum atomic E-state index is -0.201. The Kier molecular flexibility index (Phi) is 4.42. The average molecular weight is 369 g/mol. The van der Waals surface area contributed by atoms with Crippen LogP contribution in [0.3, 0.4) is 0 Å². The van der Waals surface area contributed by atoms with E-state index in [4.69, 9.17) is 0 Å². The van der Waals surface area contributed by atoms with Crippen LogP contribution in [0.4, 0.5) is 10.8 Å². The number of nitrogens with one attached hydrogen (secondary N) is 1. The maximum absolute atomic E-state index is 12.7. The summed E-state index contributed by atoms with van der Waals surface area (Å²) in [6.45, 7) is 2.80. The molecular formula is C18H19N5O2S. The third-order valence-corrected chi connectivity index (χ3v) is 5.33. The van der Waals surface area contributed by atoms with E-state index in [2.05, 4.69) is 21.5 Å². The second kappa shape index (κ2) is 6.87. The molecule has 0 unspecified atom stereocenters. The second-order valence-electron chi connectivity index (χ2n) is 6.17. The number of rotatable bonds is 4. The molecule has 1 N–H and O–H groups in total. The highest BCUT2D eigenvalue weighted by molar-refractivity contribution is 7.20. The summed E-state index contributed by atoms with van der Waals surface area (Å²) in [7, 11) is 0. The minimum Gasteiger partial charge on any atom is -0.351 e. The van der Waals surface area contributed by atoms with Crippen molar-refractivity contribution in [2.75, 3.05) is 23.3 Å². The van der Waals surface area contributed by atoms with Gasteiger partial charge in [-0.2, -0.15) is 4.52 Å². The van der Waals surface area contributed by atoms with Crippen molar-refractivity contribution < 1.29 is 4.79 Å². The lowest BCUT2D eigenvalue weighted by Crippen LogP contribution is -2.39. The number of aromatic nitrogens is 3. The number of fused-ring (bicyclic) bond motifs is 2. The van der Waals surface area contributed by atoms with Crippen LogP contribution in [0.2, 0.25) is 0 Å². The molecule has 1 amide bonds. The van der Waals surface area contributed by atoms with E-state index in [9.17, 15) is 9.59 Å². The van der Waals surface area contributed by atoms with E-state index in [1.165, 1.54) is 27.5 Å². The molecule has 0 aliphatic carbocycles. The first-order chi connectivity index (χ1) is 12.7. The number of aryl methyl sites for hydroxylation is 2. The smallest absolute Gasteiger partial charge is 0.275 e. The van der Waals surface area contributed by atoms with Crippen molar-refractivity contribution in [3.8, 4) is 0 Å². The maximum Gasteiger partial charge on any atom is 0.275 e. The zero-order valence-corrected chi connectivity index (χ0v) is 15.3. The molecule has 0 spiro atoms. The van der Waals surface area contributed by atoms with Gasteiger partial charge in [0.15, 0.2) is 0 Å². The van der Waals surface area contributed by atoms with Gasteiger partial charge in [0.2, 0.25) is 16.0 Å². The molecule has 0 fully saturated rings. The molecular weight excluding hydrogens is 350 g/mol. The minimum absolute atomic E-state index is 0.00837. The van der Waals surface area contributed by atoms with E-state index in [1.807, 2.05) is 30.0 Å². The molecule has 0 saturated carbocycles. The van der Waals surface area contributed by atoms with Crippen molar-refractivity contribution in [1.29, 1.82) is 0 Å². The predicted molar refractivity (Wildman–Crippen MR) is 102 cm³/mol. The number of amides is 1. The largest absolute Gasteiger partial charge is 0.351 e. The van der Waals surface area contributed by atoms with E-state index >= 15 is 0 Å². The Morgan fingerprint density at radius 3 is 3.04 bits per heavy atom. The molecule has 2 aromatic heterocycles. The number of hydrogen-bond acceptors (Lipinski definition) is 6. The first-order valence-corrected chi connectivity index (χ1v) is 9.49. The normalized spacial score (nSPS) is 13.7. The van der Waals surface area contributed by atoms with Crippen molar-refractivity contribution in [3.63, 3.8) is 0 Å². The molecule has 134 valence electrons. The number of carbonyl (C=O) groups excluding carboxylic acids is 1. The van der Waals surface area contributed by atoms with Crippen LogP contribution in [0.5, 0.6) is 0 Å². The van der Waals surface area contributed by atoms with Crippen molar-refractivity contribution in [2.45, 2.75) is 26.2 Å². The molecule has 0 atom stereocenters. The number of nitrogens with zero attached hydrogens (tertiary/aromatic N) is 4. The van der Waals surface area contributed by atoms with Crippen molar-refractivity contribution in [1.82, 2.24) is 14.6 Å². The van der Waals surface area contributed by atoms with Crippen LogP contribution in [-0.2, 0) is 17.6 Å². The maximum atomic E-state index is 12.7. The Morgan fingerprint density at radius 2 is 2.19 bits per heavy atom. The first kappa shape index (κ1) is 16.7. The molecule has 26 heavy (non-hydrogen) atoms. The highest BCUT2D eigenvalue weighted by atomic mass is 32.1.